The Morgan fingerprint density at radius 1 is 0.947 bits per heavy atom. The van der Waals surface area contributed by atoms with Gasteiger partial charge in [-0.05, 0) is 57.5 Å². The molecule has 2 aliphatic rings. The maximum Gasteiger partial charge on any atom is 0.0751 e. The average molecular weight is 267 g/mol. The fourth-order valence-corrected chi connectivity index (χ4v) is 4.53. The molecule has 1 saturated carbocycles. The van der Waals surface area contributed by atoms with Crippen LogP contribution in [0.2, 0.25) is 0 Å². The Morgan fingerprint density at radius 3 is 1.95 bits per heavy atom. The van der Waals surface area contributed by atoms with Crippen LogP contribution in [0.25, 0.3) is 0 Å². The molecule has 112 valence electrons. The summed E-state index contributed by atoms with van der Waals surface area (Å²) in [7, 11) is 0. The molecule has 2 nitrogen and oxygen atoms in total. The maximum atomic E-state index is 11.1. The molecule has 0 radical (unpaired) electrons. The molecule has 1 unspecified atom stereocenters. The quantitative estimate of drug-likeness (QED) is 0.762. The molecule has 0 aromatic heterocycles. The number of aliphatic hydroxyl groups excluding tert-OH is 1. The largest absolute Gasteiger partial charge is 0.391 e. The third-order valence-electron chi connectivity index (χ3n) is 5.86. The highest BCUT2D eigenvalue weighted by atomic mass is 16.3. The van der Waals surface area contributed by atoms with Crippen LogP contribution in [0.3, 0.4) is 0 Å². The van der Waals surface area contributed by atoms with Crippen LogP contribution in [-0.4, -0.2) is 34.7 Å². The standard InChI is InChI=1S/C17H33NO/c1-3-17(4-2,18-13-9-10-14-18)16(19)15-11-7-5-6-8-12-15/h15-16,19H,3-14H2,1-2H3. The predicted octanol–water partition coefficient (Wildman–Crippen LogP) is 3.97. The second kappa shape index (κ2) is 7.08. The first kappa shape index (κ1) is 15.3. The van der Waals surface area contributed by atoms with Crippen molar-refractivity contribution in [1.29, 1.82) is 0 Å². The summed E-state index contributed by atoms with van der Waals surface area (Å²) in [5.74, 6) is 0.544. The smallest absolute Gasteiger partial charge is 0.0751 e. The Bertz CT molecular complexity index is 248. The van der Waals surface area contributed by atoms with Crippen molar-refractivity contribution in [3.63, 3.8) is 0 Å². The van der Waals surface area contributed by atoms with Gasteiger partial charge in [0.05, 0.1) is 6.10 Å². The van der Waals surface area contributed by atoms with Gasteiger partial charge in [0.2, 0.25) is 0 Å². The molecule has 0 spiro atoms. The number of hydrogen-bond donors (Lipinski definition) is 1. The zero-order chi connectivity index (χ0) is 13.7. The number of hydrogen-bond acceptors (Lipinski definition) is 2. The highest BCUT2D eigenvalue weighted by Crippen LogP contribution is 2.38. The number of aliphatic hydroxyl groups is 1. The van der Waals surface area contributed by atoms with Crippen molar-refractivity contribution in [2.45, 2.75) is 89.7 Å². The Hall–Kier alpha value is -0.0800. The molecule has 1 aliphatic carbocycles. The topological polar surface area (TPSA) is 23.5 Å². The molecule has 1 N–H and O–H groups in total. The maximum absolute atomic E-state index is 11.1. The molecule has 1 atom stereocenters. The van der Waals surface area contributed by atoms with E-state index in [2.05, 4.69) is 18.7 Å². The van der Waals surface area contributed by atoms with Crippen LogP contribution in [0.1, 0.15) is 78.1 Å². The van der Waals surface area contributed by atoms with Crippen molar-refractivity contribution in [2.75, 3.05) is 13.1 Å². The molecule has 2 heteroatoms. The second-order valence-corrected chi connectivity index (χ2v) is 6.70. The summed E-state index contributed by atoms with van der Waals surface area (Å²) in [6, 6.07) is 0. The van der Waals surface area contributed by atoms with Crippen molar-refractivity contribution in [2.24, 2.45) is 5.92 Å². The van der Waals surface area contributed by atoms with E-state index >= 15 is 0 Å². The monoisotopic (exact) mass is 267 g/mol. The van der Waals surface area contributed by atoms with E-state index in [0.29, 0.717) is 5.92 Å². The molecule has 0 bridgehead atoms. The highest BCUT2D eigenvalue weighted by molar-refractivity contribution is 4.99. The van der Waals surface area contributed by atoms with E-state index in [1.54, 1.807) is 0 Å². The summed E-state index contributed by atoms with van der Waals surface area (Å²) in [5.41, 5.74) is 0.0610. The van der Waals surface area contributed by atoms with Crippen molar-refractivity contribution < 1.29 is 5.11 Å². The van der Waals surface area contributed by atoms with Crippen LogP contribution < -0.4 is 0 Å². The van der Waals surface area contributed by atoms with Gasteiger partial charge in [0.25, 0.3) is 0 Å². The molecule has 1 aliphatic heterocycles. The third-order valence-corrected chi connectivity index (χ3v) is 5.86. The summed E-state index contributed by atoms with van der Waals surface area (Å²) in [5, 5.41) is 11.1. The van der Waals surface area contributed by atoms with E-state index in [0.717, 1.165) is 12.8 Å². The van der Waals surface area contributed by atoms with E-state index in [1.165, 1.54) is 64.5 Å². The lowest BCUT2D eigenvalue weighted by atomic mass is 9.76. The lowest BCUT2D eigenvalue weighted by Crippen LogP contribution is -2.57. The van der Waals surface area contributed by atoms with E-state index in [1.807, 2.05) is 0 Å². The summed E-state index contributed by atoms with van der Waals surface area (Å²) < 4.78 is 0. The van der Waals surface area contributed by atoms with Crippen LogP contribution >= 0.6 is 0 Å². The molecule has 1 heterocycles. The SMILES string of the molecule is CCC(CC)(C(O)C1CCCCCC1)N1CCCC1. The van der Waals surface area contributed by atoms with Gasteiger partial charge in [0.1, 0.15) is 0 Å². The third kappa shape index (κ3) is 3.16. The van der Waals surface area contributed by atoms with Crippen molar-refractivity contribution in [3.8, 4) is 0 Å². The first-order valence-electron chi connectivity index (χ1n) is 8.67. The highest BCUT2D eigenvalue weighted by Gasteiger charge is 2.44. The Morgan fingerprint density at radius 2 is 1.47 bits per heavy atom. The van der Waals surface area contributed by atoms with Gasteiger partial charge in [-0.15, -0.1) is 0 Å². The van der Waals surface area contributed by atoms with Crippen molar-refractivity contribution >= 4 is 0 Å². The fraction of sp³-hybridized carbons (Fsp3) is 1.00. The minimum atomic E-state index is -0.112. The number of rotatable bonds is 5. The first-order chi connectivity index (χ1) is 9.24. The average Bonchev–Trinajstić information content (AvgIpc) is 2.84. The Kier molecular flexibility index (Phi) is 5.70. The van der Waals surface area contributed by atoms with E-state index in [4.69, 9.17) is 0 Å². The molecule has 0 aromatic carbocycles. The molecular formula is C17H33NO. The predicted molar refractivity (Wildman–Crippen MR) is 81.3 cm³/mol. The van der Waals surface area contributed by atoms with Gasteiger partial charge in [-0.25, -0.2) is 0 Å². The molecule has 2 fully saturated rings. The normalized spacial score (nSPS) is 25.4. The van der Waals surface area contributed by atoms with Gasteiger partial charge in [-0.2, -0.15) is 0 Å². The molecular weight excluding hydrogens is 234 g/mol. The summed E-state index contributed by atoms with van der Waals surface area (Å²) >= 11 is 0. The lowest BCUT2D eigenvalue weighted by Gasteiger charge is -2.47. The van der Waals surface area contributed by atoms with Gasteiger partial charge in [0, 0.05) is 5.54 Å². The van der Waals surface area contributed by atoms with Crippen LogP contribution in [0, 0.1) is 5.92 Å². The van der Waals surface area contributed by atoms with E-state index in [9.17, 15) is 5.11 Å². The van der Waals surface area contributed by atoms with Crippen LogP contribution in [0.5, 0.6) is 0 Å². The molecule has 0 aromatic rings. The van der Waals surface area contributed by atoms with Crippen LogP contribution in [-0.2, 0) is 0 Å². The molecule has 0 amide bonds. The van der Waals surface area contributed by atoms with Crippen molar-refractivity contribution in [3.05, 3.63) is 0 Å². The summed E-state index contributed by atoms with van der Waals surface area (Å²) in [4.78, 5) is 2.61. The van der Waals surface area contributed by atoms with E-state index in [-0.39, 0.29) is 11.6 Å². The van der Waals surface area contributed by atoms with Gasteiger partial charge in [0.15, 0.2) is 0 Å². The lowest BCUT2D eigenvalue weighted by molar-refractivity contribution is -0.0618. The first-order valence-corrected chi connectivity index (χ1v) is 8.67. The Balaban J connectivity index is 2.11. The van der Waals surface area contributed by atoms with Gasteiger partial charge >= 0.3 is 0 Å². The zero-order valence-corrected chi connectivity index (χ0v) is 13.0. The van der Waals surface area contributed by atoms with Gasteiger partial charge < -0.3 is 5.11 Å². The van der Waals surface area contributed by atoms with Crippen molar-refractivity contribution in [1.82, 2.24) is 4.90 Å². The van der Waals surface area contributed by atoms with Gasteiger partial charge in [-0.1, -0.05) is 39.5 Å². The molecule has 1 saturated heterocycles. The minimum absolute atomic E-state index is 0.0610. The number of likely N-dealkylation sites (tertiary alicyclic amines) is 1. The fourth-order valence-electron chi connectivity index (χ4n) is 4.53. The molecule has 19 heavy (non-hydrogen) atoms. The Labute approximate surface area is 119 Å². The zero-order valence-electron chi connectivity index (χ0n) is 13.0. The van der Waals surface area contributed by atoms with Crippen LogP contribution in [0.4, 0.5) is 0 Å². The minimum Gasteiger partial charge on any atom is -0.391 e. The van der Waals surface area contributed by atoms with Gasteiger partial charge in [-0.3, -0.25) is 4.90 Å². The number of nitrogens with zero attached hydrogens (tertiary/aromatic N) is 1. The van der Waals surface area contributed by atoms with E-state index < -0.39 is 0 Å². The summed E-state index contributed by atoms with van der Waals surface area (Å²) in [6.45, 7) is 6.96. The van der Waals surface area contributed by atoms with Crippen LogP contribution in [0.15, 0.2) is 0 Å². The second-order valence-electron chi connectivity index (χ2n) is 6.70. The molecule has 2 rings (SSSR count). The summed E-state index contributed by atoms with van der Waals surface area (Å²) in [6.07, 6.45) is 12.6.